The molecule has 1 heterocycles. The van der Waals surface area contributed by atoms with Crippen LogP contribution < -0.4 is 14.8 Å². The normalized spacial score (nSPS) is 24.6. The van der Waals surface area contributed by atoms with Gasteiger partial charge >= 0.3 is 0 Å². The molecular weight excluding hydrogens is 304 g/mol. The van der Waals surface area contributed by atoms with Crippen molar-refractivity contribution < 1.29 is 14.2 Å². The highest BCUT2D eigenvalue weighted by atomic mass is 16.5. The molecule has 1 aromatic carbocycles. The fourth-order valence-corrected chi connectivity index (χ4v) is 3.41. The largest absolute Gasteiger partial charge is 0.493 e. The number of nitrogens with zero attached hydrogens (tertiary/aromatic N) is 1. The fourth-order valence-electron chi connectivity index (χ4n) is 3.41. The molecule has 0 saturated heterocycles. The van der Waals surface area contributed by atoms with Crippen molar-refractivity contribution in [1.29, 1.82) is 0 Å². The van der Waals surface area contributed by atoms with E-state index in [1.165, 1.54) is 12.8 Å². The second kappa shape index (κ2) is 7.26. The maximum atomic E-state index is 6.21. The summed E-state index contributed by atoms with van der Waals surface area (Å²) in [6.07, 6.45) is 10.3. The minimum Gasteiger partial charge on any atom is -0.493 e. The van der Waals surface area contributed by atoms with E-state index in [1.807, 2.05) is 6.07 Å². The molecule has 1 aromatic rings. The van der Waals surface area contributed by atoms with Gasteiger partial charge in [-0.05, 0) is 43.4 Å². The van der Waals surface area contributed by atoms with Gasteiger partial charge in [-0.3, -0.25) is 4.99 Å². The average molecular weight is 330 g/mol. The van der Waals surface area contributed by atoms with Gasteiger partial charge in [-0.2, -0.15) is 0 Å². The van der Waals surface area contributed by atoms with Crippen molar-refractivity contribution in [3.8, 4) is 11.5 Å². The van der Waals surface area contributed by atoms with E-state index in [9.17, 15) is 0 Å². The van der Waals surface area contributed by atoms with Crippen LogP contribution in [0.5, 0.6) is 11.5 Å². The molecule has 2 unspecified atom stereocenters. The molecule has 0 radical (unpaired) electrons. The van der Waals surface area contributed by atoms with Crippen molar-refractivity contribution in [3.63, 3.8) is 0 Å². The minimum absolute atomic E-state index is 0.0491. The number of methoxy groups -OCH3 is 2. The van der Waals surface area contributed by atoms with Crippen LogP contribution in [0, 0.1) is 0 Å². The summed E-state index contributed by atoms with van der Waals surface area (Å²) in [7, 11) is 3.37. The van der Waals surface area contributed by atoms with Crippen LogP contribution >= 0.6 is 0 Å². The quantitative estimate of drug-likeness (QED) is 0.866. The number of hydrogen-bond donors (Lipinski definition) is 1. The molecule has 0 spiro atoms. The Labute approximate surface area is 143 Å². The van der Waals surface area contributed by atoms with Crippen molar-refractivity contribution >= 4 is 6.21 Å². The molecule has 24 heavy (non-hydrogen) atoms. The van der Waals surface area contributed by atoms with Crippen LogP contribution in [-0.4, -0.2) is 32.3 Å². The van der Waals surface area contributed by atoms with Gasteiger partial charge in [-0.15, -0.1) is 0 Å². The van der Waals surface area contributed by atoms with Gasteiger partial charge in [-0.25, -0.2) is 0 Å². The lowest BCUT2D eigenvalue weighted by Gasteiger charge is -2.36. The average Bonchev–Trinajstić information content (AvgIpc) is 3.14. The first-order chi connectivity index (χ1) is 11.7. The van der Waals surface area contributed by atoms with Gasteiger partial charge in [-0.1, -0.05) is 13.0 Å². The molecular formula is C19H26N2O3. The molecule has 0 bridgehead atoms. The predicted octanol–water partition coefficient (Wildman–Crippen LogP) is 3.61. The van der Waals surface area contributed by atoms with Crippen LogP contribution in [0.3, 0.4) is 0 Å². The Hall–Kier alpha value is -2.01. The molecule has 1 N–H and O–H groups in total. The highest BCUT2D eigenvalue weighted by Crippen LogP contribution is 2.37. The number of hydrogen-bond acceptors (Lipinski definition) is 5. The Morgan fingerprint density at radius 2 is 2.00 bits per heavy atom. The van der Waals surface area contributed by atoms with Crippen LogP contribution in [0.25, 0.3) is 0 Å². The zero-order valence-electron chi connectivity index (χ0n) is 14.6. The van der Waals surface area contributed by atoms with Gasteiger partial charge in [0.15, 0.2) is 17.2 Å². The SMILES string of the molecule is COc1ccc(C(C)C2(OC)C=NC=CN2)cc1OC1CCCC1. The molecule has 1 aliphatic carbocycles. The summed E-state index contributed by atoms with van der Waals surface area (Å²) in [6, 6.07) is 6.09. The van der Waals surface area contributed by atoms with Crippen molar-refractivity contribution in [2.45, 2.75) is 50.4 Å². The van der Waals surface area contributed by atoms with E-state index in [-0.39, 0.29) is 12.0 Å². The number of ether oxygens (including phenoxy) is 3. The number of rotatable bonds is 6. The summed E-state index contributed by atoms with van der Waals surface area (Å²) in [5, 5.41) is 3.28. The van der Waals surface area contributed by atoms with Crippen LogP contribution in [0.1, 0.15) is 44.1 Å². The smallest absolute Gasteiger partial charge is 0.180 e. The lowest BCUT2D eigenvalue weighted by molar-refractivity contribution is 0.0160. The monoisotopic (exact) mass is 330 g/mol. The first-order valence-electron chi connectivity index (χ1n) is 8.55. The van der Waals surface area contributed by atoms with Crippen molar-refractivity contribution in [1.82, 2.24) is 5.32 Å². The van der Waals surface area contributed by atoms with Crippen molar-refractivity contribution in [2.24, 2.45) is 4.99 Å². The van der Waals surface area contributed by atoms with Crippen LogP contribution in [0.2, 0.25) is 0 Å². The lowest BCUT2D eigenvalue weighted by Crippen LogP contribution is -2.51. The Bertz CT molecular complexity index is 623. The highest BCUT2D eigenvalue weighted by Gasteiger charge is 2.36. The maximum absolute atomic E-state index is 6.21. The summed E-state index contributed by atoms with van der Waals surface area (Å²) in [6.45, 7) is 2.11. The van der Waals surface area contributed by atoms with E-state index < -0.39 is 5.72 Å². The third-order valence-corrected chi connectivity index (χ3v) is 5.00. The van der Waals surface area contributed by atoms with Crippen LogP contribution in [0.4, 0.5) is 0 Å². The minimum atomic E-state index is -0.659. The van der Waals surface area contributed by atoms with Crippen molar-refractivity contribution in [2.75, 3.05) is 14.2 Å². The Morgan fingerprint density at radius 3 is 2.62 bits per heavy atom. The molecule has 2 atom stereocenters. The van der Waals surface area contributed by atoms with Gasteiger partial charge in [0, 0.05) is 25.4 Å². The lowest BCUT2D eigenvalue weighted by atomic mass is 9.89. The zero-order chi connectivity index (χ0) is 17.0. The maximum Gasteiger partial charge on any atom is 0.180 e. The summed E-state index contributed by atoms with van der Waals surface area (Å²) >= 11 is 0. The molecule has 0 amide bonds. The Kier molecular flexibility index (Phi) is 5.09. The molecule has 1 aliphatic heterocycles. The first kappa shape index (κ1) is 16.8. The highest BCUT2D eigenvalue weighted by molar-refractivity contribution is 5.72. The Morgan fingerprint density at radius 1 is 1.21 bits per heavy atom. The standard InChI is InChI=1S/C19H26N2O3/c1-14(19(23-3)13-20-10-11-21-19)15-8-9-17(22-2)18(12-15)24-16-6-4-5-7-16/h8-14,16,21H,4-7H2,1-3H3. The third kappa shape index (κ3) is 3.26. The summed E-state index contributed by atoms with van der Waals surface area (Å²) in [5.41, 5.74) is 0.452. The van der Waals surface area contributed by atoms with Gasteiger partial charge in [0.2, 0.25) is 0 Å². The molecule has 130 valence electrons. The van der Waals surface area contributed by atoms with Crippen LogP contribution in [0.15, 0.2) is 35.6 Å². The first-order valence-corrected chi connectivity index (χ1v) is 8.55. The van der Waals surface area contributed by atoms with Gasteiger partial charge < -0.3 is 19.5 Å². The number of benzene rings is 1. The Balaban J connectivity index is 1.87. The topological polar surface area (TPSA) is 52.1 Å². The molecule has 5 heteroatoms. The number of nitrogens with one attached hydrogen (secondary N) is 1. The summed E-state index contributed by atoms with van der Waals surface area (Å²) in [4.78, 5) is 4.24. The fraction of sp³-hybridized carbons (Fsp3) is 0.526. The van der Waals surface area contributed by atoms with E-state index in [4.69, 9.17) is 14.2 Å². The molecule has 2 aliphatic rings. The summed E-state index contributed by atoms with van der Waals surface area (Å²) < 4.78 is 17.4. The van der Waals surface area contributed by atoms with Gasteiger partial charge in [0.1, 0.15) is 0 Å². The number of aliphatic imine (C=N–C) groups is 1. The van der Waals surface area contributed by atoms with E-state index in [2.05, 4.69) is 29.4 Å². The molecule has 1 saturated carbocycles. The predicted molar refractivity (Wildman–Crippen MR) is 94.8 cm³/mol. The van der Waals surface area contributed by atoms with E-state index in [0.29, 0.717) is 0 Å². The second-order valence-electron chi connectivity index (χ2n) is 6.39. The zero-order valence-corrected chi connectivity index (χ0v) is 14.6. The summed E-state index contributed by atoms with van der Waals surface area (Å²) in [5.74, 6) is 1.63. The van der Waals surface area contributed by atoms with Crippen molar-refractivity contribution in [3.05, 3.63) is 36.2 Å². The second-order valence-corrected chi connectivity index (χ2v) is 6.39. The molecule has 5 nitrogen and oxygen atoms in total. The van der Waals surface area contributed by atoms with Gasteiger partial charge in [0.25, 0.3) is 0 Å². The van der Waals surface area contributed by atoms with Gasteiger partial charge in [0.05, 0.1) is 19.4 Å². The van der Waals surface area contributed by atoms with E-state index in [0.717, 1.165) is 29.9 Å². The molecule has 1 fully saturated rings. The van der Waals surface area contributed by atoms with E-state index >= 15 is 0 Å². The van der Waals surface area contributed by atoms with Crippen LogP contribution in [-0.2, 0) is 4.74 Å². The molecule has 3 rings (SSSR count). The molecule has 0 aromatic heterocycles. The third-order valence-electron chi connectivity index (χ3n) is 5.00. The van der Waals surface area contributed by atoms with E-state index in [1.54, 1.807) is 32.8 Å².